The van der Waals surface area contributed by atoms with Crippen molar-refractivity contribution in [2.75, 3.05) is 13.3 Å². The average molecular weight is 253 g/mol. The predicted octanol–water partition coefficient (Wildman–Crippen LogP) is 1.29. The van der Waals surface area contributed by atoms with Crippen molar-refractivity contribution in [1.29, 1.82) is 0 Å². The van der Waals surface area contributed by atoms with Crippen LogP contribution in [0.1, 0.15) is 15.9 Å². The van der Waals surface area contributed by atoms with Crippen LogP contribution >= 0.6 is 11.8 Å². The molecular formula is C11H15N3O2S. The maximum atomic E-state index is 11.8. The summed E-state index contributed by atoms with van der Waals surface area (Å²) >= 11 is 1.56. The minimum Gasteiger partial charge on any atom is -0.340 e. The molecule has 0 heterocycles. The standard InChI is InChI=1S/C11H15N3O2S/c1-7-4-5-8(17-3)6-9(7)10(15)13-14-11(16)12-2/h4-6H,1-3H3,(H,13,15)(H2,12,14,16). The summed E-state index contributed by atoms with van der Waals surface area (Å²) < 4.78 is 0. The van der Waals surface area contributed by atoms with Gasteiger partial charge in [0.25, 0.3) is 5.91 Å². The minimum atomic E-state index is -0.461. The van der Waals surface area contributed by atoms with Crippen molar-refractivity contribution in [1.82, 2.24) is 16.2 Å². The number of thioether (sulfide) groups is 1. The van der Waals surface area contributed by atoms with E-state index in [0.717, 1.165) is 10.5 Å². The van der Waals surface area contributed by atoms with Crippen LogP contribution in [0.25, 0.3) is 0 Å². The van der Waals surface area contributed by atoms with Gasteiger partial charge in [-0.15, -0.1) is 11.8 Å². The first-order valence-electron chi connectivity index (χ1n) is 5.01. The Labute approximate surface area is 104 Å². The Hall–Kier alpha value is -1.69. The number of rotatable bonds is 2. The molecule has 0 aromatic heterocycles. The highest BCUT2D eigenvalue weighted by atomic mass is 32.2. The van der Waals surface area contributed by atoms with E-state index < -0.39 is 6.03 Å². The molecule has 0 bridgehead atoms. The van der Waals surface area contributed by atoms with E-state index in [4.69, 9.17) is 0 Å². The summed E-state index contributed by atoms with van der Waals surface area (Å²) in [6, 6.07) is 5.15. The molecule has 1 rings (SSSR count). The monoisotopic (exact) mass is 253 g/mol. The van der Waals surface area contributed by atoms with Crippen LogP contribution in [0, 0.1) is 6.92 Å². The van der Waals surface area contributed by atoms with Gasteiger partial charge in [-0.05, 0) is 30.9 Å². The molecule has 5 nitrogen and oxygen atoms in total. The number of aryl methyl sites for hydroxylation is 1. The van der Waals surface area contributed by atoms with Gasteiger partial charge in [0.15, 0.2) is 0 Å². The molecule has 6 heteroatoms. The molecule has 3 N–H and O–H groups in total. The van der Waals surface area contributed by atoms with Gasteiger partial charge in [-0.1, -0.05) is 6.07 Å². The van der Waals surface area contributed by atoms with Crippen LogP contribution in [-0.4, -0.2) is 25.2 Å². The van der Waals surface area contributed by atoms with Crippen LogP contribution in [0.5, 0.6) is 0 Å². The SMILES string of the molecule is CNC(=O)NNC(=O)c1cc(SC)ccc1C. The van der Waals surface area contributed by atoms with Crippen LogP contribution in [-0.2, 0) is 0 Å². The molecule has 0 saturated heterocycles. The normalized spacial score (nSPS) is 9.59. The molecule has 0 saturated carbocycles. The lowest BCUT2D eigenvalue weighted by atomic mass is 10.1. The quantitative estimate of drug-likeness (QED) is 0.549. The maximum absolute atomic E-state index is 11.8. The van der Waals surface area contributed by atoms with Crippen LogP contribution in [0.3, 0.4) is 0 Å². The summed E-state index contributed by atoms with van der Waals surface area (Å²) in [5, 5.41) is 2.34. The van der Waals surface area contributed by atoms with Gasteiger partial charge >= 0.3 is 6.03 Å². The van der Waals surface area contributed by atoms with Gasteiger partial charge in [0, 0.05) is 17.5 Å². The lowest BCUT2D eigenvalue weighted by Crippen LogP contribution is -2.45. The van der Waals surface area contributed by atoms with E-state index in [0.29, 0.717) is 5.56 Å². The minimum absolute atomic E-state index is 0.331. The average Bonchev–Trinajstić information content (AvgIpc) is 2.36. The number of hydrogen-bond acceptors (Lipinski definition) is 3. The fourth-order valence-corrected chi connectivity index (χ4v) is 1.66. The van der Waals surface area contributed by atoms with Crippen molar-refractivity contribution in [2.24, 2.45) is 0 Å². The summed E-state index contributed by atoms with van der Waals surface area (Å²) in [7, 11) is 1.47. The van der Waals surface area contributed by atoms with E-state index >= 15 is 0 Å². The van der Waals surface area contributed by atoms with Gasteiger partial charge in [0.2, 0.25) is 0 Å². The highest BCUT2D eigenvalue weighted by Gasteiger charge is 2.10. The number of nitrogens with one attached hydrogen (secondary N) is 3. The fraction of sp³-hybridized carbons (Fsp3) is 0.273. The Balaban J connectivity index is 2.77. The number of hydrogen-bond donors (Lipinski definition) is 3. The molecule has 0 aliphatic carbocycles. The van der Waals surface area contributed by atoms with Crippen LogP contribution in [0.15, 0.2) is 23.1 Å². The third-order valence-electron chi connectivity index (χ3n) is 2.21. The van der Waals surface area contributed by atoms with E-state index in [1.165, 1.54) is 7.05 Å². The van der Waals surface area contributed by atoms with Gasteiger partial charge in [0.1, 0.15) is 0 Å². The maximum Gasteiger partial charge on any atom is 0.333 e. The zero-order chi connectivity index (χ0) is 12.8. The molecule has 0 unspecified atom stereocenters. The summed E-state index contributed by atoms with van der Waals surface area (Å²) in [6.07, 6.45) is 1.94. The zero-order valence-electron chi connectivity index (χ0n) is 9.96. The highest BCUT2D eigenvalue weighted by molar-refractivity contribution is 7.98. The molecule has 0 atom stereocenters. The van der Waals surface area contributed by atoms with Crippen molar-refractivity contribution in [2.45, 2.75) is 11.8 Å². The van der Waals surface area contributed by atoms with Gasteiger partial charge in [-0.25, -0.2) is 10.2 Å². The first kappa shape index (κ1) is 13.4. The predicted molar refractivity (Wildman–Crippen MR) is 68.0 cm³/mol. The molecule has 92 valence electrons. The molecule has 0 aliphatic rings. The second kappa shape index (κ2) is 6.15. The van der Waals surface area contributed by atoms with Crippen molar-refractivity contribution < 1.29 is 9.59 Å². The van der Waals surface area contributed by atoms with E-state index in [9.17, 15) is 9.59 Å². The van der Waals surface area contributed by atoms with Crippen LogP contribution in [0.2, 0.25) is 0 Å². The molecule has 0 aliphatic heterocycles. The Bertz CT molecular complexity index is 435. The summed E-state index contributed by atoms with van der Waals surface area (Å²) in [5.41, 5.74) is 5.98. The van der Waals surface area contributed by atoms with E-state index in [1.807, 2.05) is 25.3 Å². The second-order valence-corrected chi connectivity index (χ2v) is 4.22. The smallest absolute Gasteiger partial charge is 0.333 e. The van der Waals surface area contributed by atoms with Crippen molar-refractivity contribution >= 4 is 23.7 Å². The third-order valence-corrected chi connectivity index (χ3v) is 2.93. The van der Waals surface area contributed by atoms with Crippen molar-refractivity contribution in [3.8, 4) is 0 Å². The lowest BCUT2D eigenvalue weighted by Gasteiger charge is -2.09. The first-order valence-corrected chi connectivity index (χ1v) is 6.23. The highest BCUT2D eigenvalue weighted by Crippen LogP contribution is 2.18. The van der Waals surface area contributed by atoms with Crippen LogP contribution < -0.4 is 16.2 Å². The van der Waals surface area contributed by atoms with Gasteiger partial charge < -0.3 is 5.32 Å². The molecule has 1 aromatic rings. The van der Waals surface area contributed by atoms with E-state index in [2.05, 4.69) is 16.2 Å². The first-order chi connectivity index (χ1) is 8.08. The zero-order valence-corrected chi connectivity index (χ0v) is 10.8. The Morgan fingerprint density at radius 3 is 2.53 bits per heavy atom. The molecule has 3 amide bonds. The Kier molecular flexibility index (Phi) is 4.84. The molecule has 0 radical (unpaired) electrons. The number of hydrazine groups is 1. The van der Waals surface area contributed by atoms with Crippen molar-refractivity contribution in [3.05, 3.63) is 29.3 Å². The molecule has 0 fully saturated rings. The molecular weight excluding hydrogens is 238 g/mol. The molecule has 1 aromatic carbocycles. The molecule has 17 heavy (non-hydrogen) atoms. The topological polar surface area (TPSA) is 70.2 Å². The Morgan fingerprint density at radius 2 is 1.94 bits per heavy atom. The van der Waals surface area contributed by atoms with Gasteiger partial charge in [-0.2, -0.15) is 0 Å². The second-order valence-electron chi connectivity index (χ2n) is 3.34. The Morgan fingerprint density at radius 1 is 1.24 bits per heavy atom. The summed E-state index contributed by atoms with van der Waals surface area (Å²) in [5.74, 6) is -0.331. The number of urea groups is 1. The van der Waals surface area contributed by atoms with Gasteiger partial charge in [-0.3, -0.25) is 10.2 Å². The van der Waals surface area contributed by atoms with Crippen LogP contribution in [0.4, 0.5) is 4.79 Å². The number of carbonyl (C=O) groups excluding carboxylic acids is 2. The number of benzene rings is 1. The fourth-order valence-electron chi connectivity index (χ4n) is 1.22. The van der Waals surface area contributed by atoms with Crippen molar-refractivity contribution in [3.63, 3.8) is 0 Å². The molecule has 0 spiro atoms. The lowest BCUT2D eigenvalue weighted by molar-refractivity contribution is 0.0935. The largest absolute Gasteiger partial charge is 0.340 e. The van der Waals surface area contributed by atoms with E-state index in [1.54, 1.807) is 17.8 Å². The summed E-state index contributed by atoms with van der Waals surface area (Å²) in [4.78, 5) is 23.7. The number of carbonyl (C=O) groups is 2. The number of amides is 3. The van der Waals surface area contributed by atoms with E-state index in [-0.39, 0.29) is 5.91 Å². The third kappa shape index (κ3) is 3.67. The summed E-state index contributed by atoms with van der Waals surface area (Å²) in [6.45, 7) is 1.85. The van der Waals surface area contributed by atoms with Gasteiger partial charge in [0.05, 0.1) is 0 Å².